The minimum absolute atomic E-state index is 0.301. The monoisotopic (exact) mass is 365 g/mol. The number of nitrogens with zero attached hydrogens (tertiary/aromatic N) is 4. The van der Waals surface area contributed by atoms with Gasteiger partial charge in [-0.2, -0.15) is 0 Å². The fourth-order valence-corrected chi connectivity index (χ4v) is 3.51. The normalized spacial score (nSPS) is 15.9. The van der Waals surface area contributed by atoms with Gasteiger partial charge in [0.1, 0.15) is 0 Å². The van der Waals surface area contributed by atoms with E-state index in [1.807, 2.05) is 24.3 Å². The molecule has 0 saturated carbocycles. The van der Waals surface area contributed by atoms with Crippen LogP contribution in [-0.2, 0) is 18.2 Å². The lowest BCUT2D eigenvalue weighted by Crippen LogP contribution is -2.37. The molecule has 1 fully saturated rings. The van der Waals surface area contributed by atoms with Gasteiger partial charge >= 0.3 is 0 Å². The SMILES string of the molecule is CC(CCc1cccn1C)Nc1nc2ccccc2nc1N1CCOCC1. The van der Waals surface area contributed by atoms with Crippen LogP contribution in [-0.4, -0.2) is 46.9 Å². The van der Waals surface area contributed by atoms with Crippen LogP contribution < -0.4 is 10.2 Å². The molecule has 2 aromatic heterocycles. The molecule has 6 heteroatoms. The van der Waals surface area contributed by atoms with Crippen LogP contribution in [0.1, 0.15) is 19.0 Å². The molecule has 1 unspecified atom stereocenters. The van der Waals surface area contributed by atoms with E-state index in [2.05, 4.69) is 47.1 Å². The van der Waals surface area contributed by atoms with Crippen molar-refractivity contribution >= 4 is 22.7 Å². The van der Waals surface area contributed by atoms with E-state index >= 15 is 0 Å². The smallest absolute Gasteiger partial charge is 0.172 e. The summed E-state index contributed by atoms with van der Waals surface area (Å²) in [6.07, 6.45) is 4.17. The summed E-state index contributed by atoms with van der Waals surface area (Å²) < 4.78 is 7.69. The zero-order valence-corrected chi connectivity index (χ0v) is 16.1. The first kappa shape index (κ1) is 17.8. The summed E-state index contributed by atoms with van der Waals surface area (Å²) in [4.78, 5) is 12.1. The predicted molar refractivity (Wildman–Crippen MR) is 109 cm³/mol. The summed E-state index contributed by atoms with van der Waals surface area (Å²) in [7, 11) is 2.10. The van der Waals surface area contributed by atoms with Crippen LogP contribution in [0.3, 0.4) is 0 Å². The van der Waals surface area contributed by atoms with Crippen LogP contribution in [0.15, 0.2) is 42.6 Å². The third-order valence-electron chi connectivity index (χ3n) is 5.13. The Balaban J connectivity index is 1.55. The molecule has 0 aliphatic carbocycles. The molecule has 0 bridgehead atoms. The van der Waals surface area contributed by atoms with Gasteiger partial charge in [0.15, 0.2) is 11.6 Å². The van der Waals surface area contributed by atoms with Crippen LogP contribution in [0.2, 0.25) is 0 Å². The maximum absolute atomic E-state index is 5.51. The number of nitrogens with one attached hydrogen (secondary N) is 1. The number of hydrogen-bond acceptors (Lipinski definition) is 5. The van der Waals surface area contributed by atoms with E-state index < -0.39 is 0 Å². The van der Waals surface area contributed by atoms with Gasteiger partial charge in [0.05, 0.1) is 24.2 Å². The number of ether oxygens (including phenoxy) is 1. The van der Waals surface area contributed by atoms with E-state index in [1.165, 1.54) is 5.69 Å². The molecule has 0 amide bonds. The fourth-order valence-electron chi connectivity index (χ4n) is 3.51. The highest BCUT2D eigenvalue weighted by molar-refractivity contribution is 5.80. The Hall–Kier alpha value is -2.60. The summed E-state index contributed by atoms with van der Waals surface area (Å²) in [5.41, 5.74) is 3.20. The second kappa shape index (κ2) is 7.96. The number of rotatable bonds is 6. The highest BCUT2D eigenvalue weighted by atomic mass is 16.5. The van der Waals surface area contributed by atoms with Crippen molar-refractivity contribution in [3.63, 3.8) is 0 Å². The number of aromatic nitrogens is 3. The number of anilines is 2. The summed E-state index contributed by atoms with van der Waals surface area (Å²) in [6.45, 7) is 5.37. The van der Waals surface area contributed by atoms with Gasteiger partial charge in [-0.25, -0.2) is 9.97 Å². The first-order valence-corrected chi connectivity index (χ1v) is 9.67. The molecule has 1 aromatic carbocycles. The Bertz CT molecular complexity index is 900. The van der Waals surface area contributed by atoms with Gasteiger partial charge in [0, 0.05) is 38.1 Å². The number of morpholine rings is 1. The van der Waals surface area contributed by atoms with E-state index in [0.29, 0.717) is 6.04 Å². The Morgan fingerprint density at radius 3 is 2.52 bits per heavy atom. The van der Waals surface area contributed by atoms with Crippen molar-refractivity contribution in [2.24, 2.45) is 7.05 Å². The number of fused-ring (bicyclic) bond motifs is 1. The van der Waals surface area contributed by atoms with Crippen molar-refractivity contribution in [3.05, 3.63) is 48.3 Å². The molecule has 1 N–H and O–H groups in total. The van der Waals surface area contributed by atoms with E-state index in [9.17, 15) is 0 Å². The Labute approximate surface area is 160 Å². The van der Waals surface area contributed by atoms with Gasteiger partial charge in [-0.15, -0.1) is 0 Å². The van der Waals surface area contributed by atoms with Gasteiger partial charge < -0.3 is 19.5 Å². The average Bonchev–Trinajstić information content (AvgIpc) is 3.11. The van der Waals surface area contributed by atoms with Crippen LogP contribution in [0.4, 0.5) is 11.6 Å². The van der Waals surface area contributed by atoms with Crippen molar-refractivity contribution in [2.75, 3.05) is 36.5 Å². The van der Waals surface area contributed by atoms with Crippen LogP contribution in [0.25, 0.3) is 11.0 Å². The molecule has 1 atom stereocenters. The van der Waals surface area contributed by atoms with Gasteiger partial charge in [-0.05, 0) is 44.0 Å². The maximum atomic E-state index is 5.51. The Kier molecular flexibility index (Phi) is 5.25. The molecule has 4 rings (SSSR count). The molecule has 3 heterocycles. The summed E-state index contributed by atoms with van der Waals surface area (Å²) >= 11 is 0. The number of para-hydroxylation sites is 2. The highest BCUT2D eigenvalue weighted by Gasteiger charge is 2.19. The van der Waals surface area contributed by atoms with Gasteiger partial charge in [-0.3, -0.25) is 0 Å². The van der Waals surface area contributed by atoms with Crippen LogP contribution in [0.5, 0.6) is 0 Å². The van der Waals surface area contributed by atoms with E-state index in [-0.39, 0.29) is 0 Å². The molecular formula is C21H27N5O. The lowest BCUT2D eigenvalue weighted by Gasteiger charge is -2.30. The lowest BCUT2D eigenvalue weighted by molar-refractivity contribution is 0.122. The molecule has 0 spiro atoms. The first-order chi connectivity index (χ1) is 13.2. The summed E-state index contributed by atoms with van der Waals surface area (Å²) in [6, 6.07) is 12.6. The quantitative estimate of drug-likeness (QED) is 0.727. The molecule has 1 aliphatic rings. The Morgan fingerprint density at radius 1 is 1.07 bits per heavy atom. The summed E-state index contributed by atoms with van der Waals surface area (Å²) in [5, 5.41) is 3.62. The average molecular weight is 365 g/mol. The second-order valence-electron chi connectivity index (χ2n) is 7.18. The number of benzene rings is 1. The van der Waals surface area contributed by atoms with E-state index in [1.54, 1.807) is 0 Å². The zero-order chi connectivity index (χ0) is 18.6. The van der Waals surface area contributed by atoms with E-state index in [0.717, 1.165) is 61.8 Å². The van der Waals surface area contributed by atoms with Crippen molar-refractivity contribution in [3.8, 4) is 0 Å². The second-order valence-corrected chi connectivity index (χ2v) is 7.18. The van der Waals surface area contributed by atoms with Crippen molar-refractivity contribution in [1.82, 2.24) is 14.5 Å². The van der Waals surface area contributed by atoms with Crippen molar-refractivity contribution < 1.29 is 4.74 Å². The van der Waals surface area contributed by atoms with Crippen LogP contribution >= 0.6 is 0 Å². The molecule has 6 nitrogen and oxygen atoms in total. The van der Waals surface area contributed by atoms with Gasteiger partial charge in [0.2, 0.25) is 0 Å². The van der Waals surface area contributed by atoms with Crippen LogP contribution in [0, 0.1) is 0 Å². The highest BCUT2D eigenvalue weighted by Crippen LogP contribution is 2.26. The minimum Gasteiger partial charge on any atom is -0.378 e. The Morgan fingerprint density at radius 2 is 1.81 bits per heavy atom. The molecular weight excluding hydrogens is 338 g/mol. The third kappa shape index (κ3) is 4.06. The summed E-state index contributed by atoms with van der Waals surface area (Å²) in [5.74, 6) is 1.80. The molecule has 3 aromatic rings. The molecule has 27 heavy (non-hydrogen) atoms. The van der Waals surface area contributed by atoms with Crippen molar-refractivity contribution in [1.29, 1.82) is 0 Å². The van der Waals surface area contributed by atoms with Gasteiger partial charge in [0.25, 0.3) is 0 Å². The largest absolute Gasteiger partial charge is 0.378 e. The first-order valence-electron chi connectivity index (χ1n) is 9.67. The number of aryl methyl sites for hydroxylation is 2. The maximum Gasteiger partial charge on any atom is 0.172 e. The standard InChI is InChI=1S/C21H27N5O/c1-16(9-10-17-6-5-11-25(17)2)22-20-21(26-12-14-27-15-13-26)24-19-8-4-3-7-18(19)23-20/h3-8,11,16H,9-10,12-15H2,1-2H3,(H,22,23). The lowest BCUT2D eigenvalue weighted by atomic mass is 10.1. The molecule has 0 radical (unpaired) electrons. The molecule has 1 aliphatic heterocycles. The number of hydrogen-bond donors (Lipinski definition) is 1. The zero-order valence-electron chi connectivity index (χ0n) is 16.1. The fraction of sp³-hybridized carbons (Fsp3) is 0.429. The van der Waals surface area contributed by atoms with Gasteiger partial charge in [-0.1, -0.05) is 12.1 Å². The third-order valence-corrected chi connectivity index (χ3v) is 5.13. The minimum atomic E-state index is 0.301. The topological polar surface area (TPSA) is 55.2 Å². The molecule has 142 valence electrons. The van der Waals surface area contributed by atoms with E-state index in [4.69, 9.17) is 14.7 Å². The predicted octanol–water partition coefficient (Wildman–Crippen LogP) is 3.24. The van der Waals surface area contributed by atoms with Crippen molar-refractivity contribution in [2.45, 2.75) is 25.8 Å². The molecule has 1 saturated heterocycles.